The highest BCUT2D eigenvalue weighted by Gasteiger charge is 2.40. The van der Waals surface area contributed by atoms with E-state index in [9.17, 15) is 4.39 Å². The lowest BCUT2D eigenvalue weighted by atomic mass is 9.58. The van der Waals surface area contributed by atoms with Gasteiger partial charge in [-0.25, -0.2) is 4.39 Å². The number of hydrogen-bond acceptors (Lipinski definition) is 1. The van der Waals surface area contributed by atoms with Gasteiger partial charge in [-0.3, -0.25) is 4.98 Å². The molecule has 6 rings (SSSR count). The number of rotatable bonds is 9. The molecular formula is C35H30BFN2Si. The molecule has 40 heavy (non-hydrogen) atoms. The quantitative estimate of drug-likeness (QED) is 0.195. The lowest BCUT2D eigenvalue weighted by Gasteiger charge is -2.34. The summed E-state index contributed by atoms with van der Waals surface area (Å²) in [5.41, 5.74) is 3.59. The first kappa shape index (κ1) is 25.8. The standard InChI is InChI=1S/C35H30BFN2Si/c37-30-21-23-33(24-22-30)40(31-17-9-3-10-18-31,32-19-11-4-12-20-32)27-39-26-25-38-35(39)36-34(28-13-5-1-6-14-28)29-15-7-2-8-16-29/h1-26,34,36H,27H2. The van der Waals surface area contributed by atoms with Gasteiger partial charge in [0.15, 0.2) is 8.07 Å². The fourth-order valence-electron chi connectivity index (χ4n) is 5.86. The van der Waals surface area contributed by atoms with E-state index in [4.69, 9.17) is 4.98 Å². The van der Waals surface area contributed by atoms with Crippen molar-refractivity contribution >= 4 is 36.6 Å². The fraction of sp³-hybridized carbons (Fsp3) is 0.0571. The van der Waals surface area contributed by atoms with E-state index in [1.165, 1.54) is 26.7 Å². The molecule has 194 valence electrons. The van der Waals surface area contributed by atoms with Gasteiger partial charge in [0, 0.05) is 18.6 Å². The number of halogens is 1. The van der Waals surface area contributed by atoms with Crippen LogP contribution in [0.1, 0.15) is 16.9 Å². The molecule has 0 aliphatic carbocycles. The Morgan fingerprint density at radius 1 is 0.600 bits per heavy atom. The van der Waals surface area contributed by atoms with Crippen molar-refractivity contribution in [1.29, 1.82) is 0 Å². The minimum absolute atomic E-state index is 0.180. The van der Waals surface area contributed by atoms with Gasteiger partial charge in [-0.2, -0.15) is 0 Å². The minimum Gasteiger partial charge on any atom is -0.345 e. The zero-order chi connectivity index (χ0) is 27.2. The Kier molecular flexibility index (Phi) is 7.56. The largest absolute Gasteiger partial charge is 0.345 e. The van der Waals surface area contributed by atoms with Crippen molar-refractivity contribution in [2.24, 2.45) is 0 Å². The normalized spacial score (nSPS) is 11.4. The van der Waals surface area contributed by atoms with E-state index < -0.39 is 8.07 Å². The molecule has 0 saturated carbocycles. The van der Waals surface area contributed by atoms with Crippen LogP contribution in [0, 0.1) is 5.82 Å². The van der Waals surface area contributed by atoms with Crippen LogP contribution in [0.4, 0.5) is 4.39 Å². The van der Waals surface area contributed by atoms with E-state index in [0.29, 0.717) is 0 Å². The van der Waals surface area contributed by atoms with Gasteiger partial charge in [-0.1, -0.05) is 133 Å². The molecule has 0 N–H and O–H groups in total. The SMILES string of the molecule is Fc1ccc([Si](Cn2ccnc2BC(c2ccccc2)c2ccccc2)(c2ccccc2)c2ccccc2)cc1. The maximum Gasteiger partial charge on any atom is 0.217 e. The Morgan fingerprint density at radius 3 is 1.55 bits per heavy atom. The van der Waals surface area contributed by atoms with E-state index in [1.807, 2.05) is 18.3 Å². The van der Waals surface area contributed by atoms with Crippen molar-refractivity contribution in [2.75, 3.05) is 0 Å². The molecule has 0 aliphatic rings. The average molecular weight is 537 g/mol. The first-order valence-corrected chi connectivity index (χ1v) is 15.9. The summed E-state index contributed by atoms with van der Waals surface area (Å²) in [5, 5.41) is 3.75. The van der Waals surface area contributed by atoms with Crippen LogP contribution in [0.2, 0.25) is 0 Å². The minimum atomic E-state index is -2.64. The van der Waals surface area contributed by atoms with E-state index in [-0.39, 0.29) is 11.6 Å². The highest BCUT2D eigenvalue weighted by atomic mass is 28.3. The monoisotopic (exact) mass is 536 g/mol. The summed E-state index contributed by atoms with van der Waals surface area (Å²) in [6, 6.07) is 50.0. The third kappa shape index (κ3) is 5.21. The van der Waals surface area contributed by atoms with Crippen LogP contribution in [-0.2, 0) is 6.17 Å². The van der Waals surface area contributed by atoms with Crippen LogP contribution in [0.3, 0.4) is 0 Å². The van der Waals surface area contributed by atoms with Crippen molar-refractivity contribution in [3.05, 3.63) is 175 Å². The second-order valence-corrected chi connectivity index (χ2v) is 14.1. The number of nitrogens with zero attached hydrogens (tertiary/aromatic N) is 2. The van der Waals surface area contributed by atoms with Crippen LogP contribution in [0.15, 0.2) is 158 Å². The molecule has 0 saturated heterocycles. The van der Waals surface area contributed by atoms with Gasteiger partial charge < -0.3 is 4.57 Å². The lowest BCUT2D eigenvalue weighted by molar-refractivity contribution is 0.628. The second kappa shape index (κ2) is 11.7. The van der Waals surface area contributed by atoms with E-state index in [1.54, 1.807) is 12.1 Å². The fourth-order valence-corrected chi connectivity index (χ4v) is 10.5. The molecule has 0 unspecified atom stereocenters. The van der Waals surface area contributed by atoms with Crippen LogP contribution in [0.5, 0.6) is 0 Å². The summed E-state index contributed by atoms with van der Waals surface area (Å²) in [6.07, 6.45) is 4.79. The highest BCUT2D eigenvalue weighted by molar-refractivity contribution is 7.10. The van der Waals surface area contributed by atoms with Crippen molar-refractivity contribution < 1.29 is 4.39 Å². The van der Waals surface area contributed by atoms with E-state index in [2.05, 4.69) is 132 Å². The molecule has 5 aromatic carbocycles. The summed E-state index contributed by atoms with van der Waals surface area (Å²) in [6.45, 7) is 0. The molecule has 5 heteroatoms. The smallest absolute Gasteiger partial charge is 0.217 e. The number of imidazole rings is 1. The molecule has 0 spiro atoms. The maximum atomic E-state index is 14.2. The summed E-state index contributed by atoms with van der Waals surface area (Å²) in [4.78, 5) is 4.91. The van der Waals surface area contributed by atoms with Crippen molar-refractivity contribution in [3.8, 4) is 0 Å². The molecule has 0 bridgehead atoms. The Bertz CT molecular complexity index is 1560. The average Bonchev–Trinajstić information content (AvgIpc) is 3.47. The van der Waals surface area contributed by atoms with Crippen LogP contribution < -0.4 is 21.3 Å². The molecule has 0 fully saturated rings. The Hall–Kier alpha value is -4.48. The Balaban J connectivity index is 1.48. The molecule has 1 heterocycles. The van der Waals surface area contributed by atoms with Crippen LogP contribution in [0.25, 0.3) is 0 Å². The summed E-state index contributed by atoms with van der Waals surface area (Å²) in [7, 11) is -1.86. The summed E-state index contributed by atoms with van der Waals surface area (Å²) >= 11 is 0. The highest BCUT2D eigenvalue weighted by Crippen LogP contribution is 2.23. The molecule has 0 aliphatic heterocycles. The Labute approximate surface area is 237 Å². The Morgan fingerprint density at radius 2 is 1.05 bits per heavy atom. The molecule has 1 aromatic heterocycles. The summed E-state index contributed by atoms with van der Waals surface area (Å²) in [5.74, 6) is -0.0384. The number of aromatic nitrogens is 2. The summed E-state index contributed by atoms with van der Waals surface area (Å²) < 4.78 is 16.5. The third-order valence-electron chi connectivity index (χ3n) is 7.87. The molecule has 0 amide bonds. The van der Waals surface area contributed by atoms with Gasteiger partial charge in [-0.05, 0) is 44.6 Å². The van der Waals surface area contributed by atoms with Crippen molar-refractivity contribution in [3.63, 3.8) is 0 Å². The molecule has 0 radical (unpaired) electrons. The predicted octanol–water partition coefficient (Wildman–Crippen LogP) is 4.58. The predicted molar refractivity (Wildman–Crippen MR) is 168 cm³/mol. The van der Waals surface area contributed by atoms with Gasteiger partial charge in [0.2, 0.25) is 7.28 Å². The van der Waals surface area contributed by atoms with Crippen LogP contribution in [-0.4, -0.2) is 24.9 Å². The lowest BCUT2D eigenvalue weighted by Crippen LogP contribution is -2.70. The molecule has 6 aromatic rings. The topological polar surface area (TPSA) is 17.8 Å². The maximum absolute atomic E-state index is 14.2. The van der Waals surface area contributed by atoms with Crippen molar-refractivity contribution in [2.45, 2.75) is 12.0 Å². The van der Waals surface area contributed by atoms with E-state index >= 15 is 0 Å². The number of benzene rings is 5. The van der Waals surface area contributed by atoms with Gasteiger partial charge >= 0.3 is 0 Å². The van der Waals surface area contributed by atoms with Gasteiger partial charge in [0.05, 0.1) is 5.72 Å². The number of hydrogen-bond donors (Lipinski definition) is 0. The second-order valence-electron chi connectivity index (χ2n) is 10.2. The molecule has 2 nitrogen and oxygen atoms in total. The van der Waals surface area contributed by atoms with Gasteiger partial charge in [0.1, 0.15) is 5.82 Å². The van der Waals surface area contributed by atoms with Crippen molar-refractivity contribution in [1.82, 2.24) is 9.55 Å². The first-order chi connectivity index (χ1) is 19.7. The van der Waals surface area contributed by atoms with E-state index in [0.717, 1.165) is 19.2 Å². The zero-order valence-electron chi connectivity index (χ0n) is 22.3. The van der Waals surface area contributed by atoms with Gasteiger partial charge in [0.25, 0.3) is 0 Å². The van der Waals surface area contributed by atoms with Crippen LogP contribution >= 0.6 is 0 Å². The molecular weight excluding hydrogens is 506 g/mol. The third-order valence-corrected chi connectivity index (χ3v) is 12.6. The molecule has 0 atom stereocenters. The first-order valence-electron chi connectivity index (χ1n) is 13.7. The zero-order valence-corrected chi connectivity index (χ0v) is 23.3. The van der Waals surface area contributed by atoms with Gasteiger partial charge in [-0.15, -0.1) is 0 Å².